The minimum absolute atomic E-state index is 0.0132. The lowest BCUT2D eigenvalue weighted by atomic mass is 9.95. The van der Waals surface area contributed by atoms with Gasteiger partial charge in [0.2, 0.25) is 15.9 Å². The summed E-state index contributed by atoms with van der Waals surface area (Å²) in [5.74, 6) is -1.70. The van der Waals surface area contributed by atoms with E-state index in [1.807, 2.05) is 0 Å². The van der Waals surface area contributed by atoms with Crippen molar-refractivity contribution in [2.75, 3.05) is 6.54 Å². The molecular weight excluding hydrogens is 308 g/mol. The second kappa shape index (κ2) is 5.73. The molecule has 0 saturated carbocycles. The van der Waals surface area contributed by atoms with Crippen molar-refractivity contribution < 1.29 is 18.0 Å². The Hall–Kier alpha value is -1.87. The summed E-state index contributed by atoms with van der Waals surface area (Å²) in [6.07, 6.45) is 2.47. The van der Waals surface area contributed by atoms with Crippen LogP contribution in [0.5, 0.6) is 0 Å². The summed E-state index contributed by atoms with van der Waals surface area (Å²) >= 11 is 0. The lowest BCUT2D eigenvalue weighted by Crippen LogP contribution is -2.48. The van der Waals surface area contributed by atoms with E-state index in [4.69, 9.17) is 11.5 Å². The Bertz CT molecular complexity index is 710. The molecule has 0 bridgehead atoms. The van der Waals surface area contributed by atoms with Gasteiger partial charge in [-0.2, -0.15) is 4.31 Å². The Morgan fingerprint density at radius 3 is 2.41 bits per heavy atom. The van der Waals surface area contributed by atoms with Gasteiger partial charge in [0.15, 0.2) is 0 Å². The van der Waals surface area contributed by atoms with Crippen LogP contribution >= 0.6 is 0 Å². The van der Waals surface area contributed by atoms with Gasteiger partial charge in [-0.1, -0.05) is 0 Å². The van der Waals surface area contributed by atoms with Crippen molar-refractivity contribution >= 4 is 21.8 Å². The molecule has 122 valence electrons. The molecule has 2 heterocycles. The Morgan fingerprint density at radius 2 is 1.91 bits per heavy atom. The van der Waals surface area contributed by atoms with Gasteiger partial charge >= 0.3 is 0 Å². The lowest BCUT2D eigenvalue weighted by Gasteiger charge is -2.35. The number of nitrogens with zero attached hydrogens (tertiary/aromatic N) is 2. The normalized spacial score (nSPS) is 23.4. The highest BCUT2D eigenvalue weighted by molar-refractivity contribution is 7.89. The van der Waals surface area contributed by atoms with Crippen molar-refractivity contribution in [1.29, 1.82) is 0 Å². The first-order valence-corrected chi connectivity index (χ1v) is 8.36. The van der Waals surface area contributed by atoms with Crippen molar-refractivity contribution in [1.82, 2.24) is 8.87 Å². The van der Waals surface area contributed by atoms with Crippen LogP contribution in [-0.4, -0.2) is 41.7 Å². The minimum Gasteiger partial charge on any atom is -0.369 e. The molecule has 0 aromatic carbocycles. The van der Waals surface area contributed by atoms with E-state index in [1.165, 1.54) is 21.1 Å². The van der Waals surface area contributed by atoms with Crippen LogP contribution in [0.25, 0.3) is 0 Å². The molecule has 9 heteroatoms. The number of carbonyl (C=O) groups excluding carboxylic acids is 2. The number of aryl methyl sites for hydroxylation is 1. The SMILES string of the molecule is C[C@H]1CC[C@@H](C(N)=O)CN1S(=O)(=O)c1cc(C(N)=O)n(C)c1. The summed E-state index contributed by atoms with van der Waals surface area (Å²) in [5.41, 5.74) is 10.6. The van der Waals surface area contributed by atoms with Gasteiger partial charge in [-0.3, -0.25) is 9.59 Å². The molecule has 0 aliphatic carbocycles. The maximum absolute atomic E-state index is 12.8. The van der Waals surface area contributed by atoms with E-state index in [1.54, 1.807) is 14.0 Å². The first kappa shape index (κ1) is 16.5. The van der Waals surface area contributed by atoms with Gasteiger partial charge in [-0.05, 0) is 25.8 Å². The number of rotatable bonds is 4. The van der Waals surface area contributed by atoms with Crippen LogP contribution in [0.15, 0.2) is 17.2 Å². The molecule has 0 radical (unpaired) electrons. The van der Waals surface area contributed by atoms with Crippen LogP contribution in [-0.2, 0) is 21.9 Å². The average Bonchev–Trinajstić information content (AvgIpc) is 2.81. The van der Waals surface area contributed by atoms with Gasteiger partial charge in [0.05, 0.1) is 5.92 Å². The third-order valence-electron chi connectivity index (χ3n) is 4.07. The monoisotopic (exact) mass is 328 g/mol. The van der Waals surface area contributed by atoms with Gasteiger partial charge in [-0.25, -0.2) is 8.42 Å². The molecule has 0 unspecified atom stereocenters. The molecule has 2 amide bonds. The van der Waals surface area contributed by atoms with Gasteiger partial charge in [0.1, 0.15) is 10.6 Å². The van der Waals surface area contributed by atoms with E-state index in [0.717, 1.165) is 0 Å². The Labute approximate surface area is 129 Å². The van der Waals surface area contributed by atoms with Gasteiger partial charge in [-0.15, -0.1) is 0 Å². The predicted octanol–water partition coefficient (Wildman–Crippen LogP) is -0.601. The van der Waals surface area contributed by atoms with Gasteiger partial charge in [0, 0.05) is 25.8 Å². The van der Waals surface area contributed by atoms with Gasteiger partial charge < -0.3 is 16.0 Å². The number of primary amides is 2. The number of piperidine rings is 1. The third-order valence-corrected chi connectivity index (χ3v) is 6.01. The first-order valence-electron chi connectivity index (χ1n) is 6.92. The molecule has 22 heavy (non-hydrogen) atoms. The topological polar surface area (TPSA) is 128 Å². The smallest absolute Gasteiger partial charge is 0.265 e. The van der Waals surface area contributed by atoms with Crippen molar-refractivity contribution in [3.05, 3.63) is 18.0 Å². The number of aromatic nitrogens is 1. The molecule has 1 aromatic rings. The number of carbonyl (C=O) groups is 2. The van der Waals surface area contributed by atoms with E-state index < -0.39 is 27.8 Å². The molecule has 1 aliphatic rings. The lowest BCUT2D eigenvalue weighted by molar-refractivity contribution is -0.123. The molecule has 0 spiro atoms. The Morgan fingerprint density at radius 1 is 1.27 bits per heavy atom. The van der Waals surface area contributed by atoms with Crippen LogP contribution in [0.3, 0.4) is 0 Å². The van der Waals surface area contributed by atoms with Crippen LogP contribution in [0, 0.1) is 5.92 Å². The average molecular weight is 328 g/mol. The fraction of sp³-hybridized carbons (Fsp3) is 0.538. The van der Waals surface area contributed by atoms with E-state index >= 15 is 0 Å². The molecule has 1 aliphatic heterocycles. The minimum atomic E-state index is -3.82. The molecular formula is C13H20N4O4S. The second-order valence-electron chi connectivity index (χ2n) is 5.64. The van der Waals surface area contributed by atoms with Crippen molar-refractivity contribution in [2.45, 2.75) is 30.7 Å². The second-order valence-corrected chi connectivity index (χ2v) is 7.53. The molecule has 8 nitrogen and oxygen atoms in total. The first-order chi connectivity index (χ1) is 10.1. The fourth-order valence-electron chi connectivity index (χ4n) is 2.70. The summed E-state index contributed by atoms with van der Waals surface area (Å²) < 4.78 is 28.2. The zero-order valence-corrected chi connectivity index (χ0v) is 13.3. The molecule has 2 rings (SSSR count). The quantitative estimate of drug-likeness (QED) is 0.764. The summed E-state index contributed by atoms with van der Waals surface area (Å²) in [4.78, 5) is 22.6. The zero-order chi connectivity index (χ0) is 16.7. The Kier molecular flexibility index (Phi) is 4.30. The van der Waals surface area contributed by atoms with Crippen molar-refractivity contribution in [3.63, 3.8) is 0 Å². The highest BCUT2D eigenvalue weighted by Crippen LogP contribution is 2.28. The van der Waals surface area contributed by atoms with Crippen molar-refractivity contribution in [3.8, 4) is 0 Å². The van der Waals surface area contributed by atoms with E-state index in [2.05, 4.69) is 0 Å². The molecule has 2 atom stereocenters. The molecule has 1 saturated heterocycles. The summed E-state index contributed by atoms with van der Waals surface area (Å²) in [6.45, 7) is 1.84. The summed E-state index contributed by atoms with van der Waals surface area (Å²) in [5, 5.41) is 0. The molecule has 1 fully saturated rings. The number of hydrogen-bond acceptors (Lipinski definition) is 4. The Balaban J connectivity index is 2.38. The van der Waals surface area contributed by atoms with Crippen LogP contribution < -0.4 is 11.5 Å². The number of amides is 2. The summed E-state index contributed by atoms with van der Waals surface area (Å²) in [7, 11) is -2.27. The van der Waals surface area contributed by atoms with Crippen LogP contribution in [0.1, 0.15) is 30.3 Å². The summed E-state index contributed by atoms with van der Waals surface area (Å²) in [6, 6.07) is 1.01. The van der Waals surface area contributed by atoms with Crippen LogP contribution in [0.2, 0.25) is 0 Å². The van der Waals surface area contributed by atoms with E-state index in [-0.39, 0.29) is 23.2 Å². The van der Waals surface area contributed by atoms with E-state index in [9.17, 15) is 18.0 Å². The predicted molar refractivity (Wildman–Crippen MR) is 79.2 cm³/mol. The van der Waals surface area contributed by atoms with Crippen molar-refractivity contribution in [2.24, 2.45) is 24.4 Å². The van der Waals surface area contributed by atoms with E-state index in [0.29, 0.717) is 12.8 Å². The number of nitrogens with two attached hydrogens (primary N) is 2. The highest BCUT2D eigenvalue weighted by Gasteiger charge is 2.37. The number of hydrogen-bond donors (Lipinski definition) is 2. The zero-order valence-electron chi connectivity index (χ0n) is 12.5. The van der Waals surface area contributed by atoms with Gasteiger partial charge in [0.25, 0.3) is 5.91 Å². The standard InChI is InChI=1S/C13H20N4O4S/c1-8-3-4-9(12(14)18)6-17(8)22(20,21)10-5-11(13(15)19)16(2)7-10/h5,7-9H,3-4,6H2,1-2H3,(H2,14,18)(H2,15,19)/t8-,9+/m0/s1. The van der Waals surface area contributed by atoms with Crippen LogP contribution in [0.4, 0.5) is 0 Å². The fourth-order valence-corrected chi connectivity index (χ4v) is 4.48. The highest BCUT2D eigenvalue weighted by atomic mass is 32.2. The third kappa shape index (κ3) is 2.86. The largest absolute Gasteiger partial charge is 0.369 e. The molecule has 1 aromatic heterocycles. The number of sulfonamides is 1. The molecule has 4 N–H and O–H groups in total. The maximum atomic E-state index is 12.8. The maximum Gasteiger partial charge on any atom is 0.265 e.